The summed E-state index contributed by atoms with van der Waals surface area (Å²) in [5, 5.41) is 0. The van der Waals surface area contributed by atoms with Crippen LogP contribution in [0.25, 0.3) is 0 Å². The van der Waals surface area contributed by atoms with E-state index >= 15 is 0 Å². The first-order valence-corrected chi connectivity index (χ1v) is 4.54. The van der Waals surface area contributed by atoms with Crippen LogP contribution in [0, 0.1) is 0 Å². The maximum Gasteiger partial charge on any atom is 0.231 e. The number of piperazine rings is 1. The number of primary amides is 1. The summed E-state index contributed by atoms with van der Waals surface area (Å²) in [5.41, 5.74) is 10.8. The molecule has 1 aliphatic heterocycles. The van der Waals surface area contributed by atoms with Gasteiger partial charge in [-0.05, 0) is 7.05 Å². The lowest BCUT2D eigenvalue weighted by Gasteiger charge is -2.38. The van der Waals surface area contributed by atoms with E-state index < -0.39 is 0 Å². The number of hydrogen-bond acceptors (Lipinski definition) is 4. The first-order valence-electron chi connectivity index (χ1n) is 4.54. The molecule has 0 aliphatic carbocycles. The molecule has 0 aromatic rings. The van der Waals surface area contributed by atoms with E-state index in [4.69, 9.17) is 11.5 Å². The van der Waals surface area contributed by atoms with Crippen molar-refractivity contribution in [3.8, 4) is 0 Å². The molecule has 1 rings (SSSR count). The van der Waals surface area contributed by atoms with Crippen LogP contribution < -0.4 is 11.5 Å². The van der Waals surface area contributed by atoms with Crippen molar-refractivity contribution in [2.45, 2.75) is 6.04 Å². The van der Waals surface area contributed by atoms with E-state index in [1.54, 1.807) is 0 Å². The average Bonchev–Trinajstić information content (AvgIpc) is 2.07. The minimum atomic E-state index is -0.275. The van der Waals surface area contributed by atoms with Crippen LogP contribution in [0.2, 0.25) is 0 Å². The number of nitrogens with zero attached hydrogens (tertiary/aromatic N) is 2. The Labute approximate surface area is 78.6 Å². The molecule has 1 fully saturated rings. The van der Waals surface area contributed by atoms with Gasteiger partial charge in [-0.25, -0.2) is 0 Å². The van der Waals surface area contributed by atoms with Gasteiger partial charge in [-0.15, -0.1) is 0 Å². The molecule has 1 aliphatic rings. The fourth-order valence-electron chi connectivity index (χ4n) is 1.68. The molecule has 1 amide bonds. The van der Waals surface area contributed by atoms with Gasteiger partial charge in [-0.2, -0.15) is 0 Å². The summed E-state index contributed by atoms with van der Waals surface area (Å²) in [7, 11) is 2.06. The second kappa shape index (κ2) is 4.55. The predicted molar refractivity (Wildman–Crippen MR) is 51.1 cm³/mol. The Morgan fingerprint density at radius 1 is 1.54 bits per heavy atom. The first-order chi connectivity index (χ1) is 6.13. The summed E-state index contributed by atoms with van der Waals surface area (Å²) in [6.45, 7) is 3.68. The number of hydrogen-bond donors (Lipinski definition) is 2. The van der Waals surface area contributed by atoms with Crippen molar-refractivity contribution in [2.24, 2.45) is 11.5 Å². The van der Waals surface area contributed by atoms with E-state index in [9.17, 15) is 4.79 Å². The van der Waals surface area contributed by atoms with E-state index in [1.165, 1.54) is 0 Å². The van der Waals surface area contributed by atoms with Gasteiger partial charge in [0.25, 0.3) is 0 Å². The molecule has 5 heteroatoms. The molecule has 0 saturated carbocycles. The lowest BCUT2D eigenvalue weighted by Crippen LogP contribution is -2.56. The largest absolute Gasteiger partial charge is 0.369 e. The van der Waals surface area contributed by atoms with Crippen LogP contribution in [0.5, 0.6) is 0 Å². The van der Waals surface area contributed by atoms with Crippen LogP contribution in [0.15, 0.2) is 0 Å². The molecular formula is C8H18N4O. The van der Waals surface area contributed by atoms with E-state index in [2.05, 4.69) is 16.8 Å². The molecule has 1 heterocycles. The Morgan fingerprint density at radius 2 is 2.23 bits per heavy atom. The van der Waals surface area contributed by atoms with Crippen molar-refractivity contribution < 1.29 is 4.79 Å². The minimum Gasteiger partial charge on any atom is -0.369 e. The van der Waals surface area contributed by atoms with Gasteiger partial charge in [0.1, 0.15) is 0 Å². The third-order valence-electron chi connectivity index (χ3n) is 2.44. The first kappa shape index (κ1) is 10.4. The van der Waals surface area contributed by atoms with Crippen LogP contribution in [-0.4, -0.2) is 61.5 Å². The zero-order valence-electron chi connectivity index (χ0n) is 8.07. The second-order valence-electron chi connectivity index (χ2n) is 3.59. The lowest BCUT2D eigenvalue weighted by molar-refractivity contribution is -0.120. The lowest BCUT2D eigenvalue weighted by atomic mass is 10.1. The van der Waals surface area contributed by atoms with Crippen molar-refractivity contribution in [1.82, 2.24) is 9.80 Å². The highest BCUT2D eigenvalue weighted by Crippen LogP contribution is 2.06. The molecule has 5 nitrogen and oxygen atoms in total. The summed E-state index contributed by atoms with van der Waals surface area (Å²) in [4.78, 5) is 15.0. The Hall–Kier alpha value is -0.650. The summed E-state index contributed by atoms with van der Waals surface area (Å²) in [6.07, 6.45) is 0. The van der Waals surface area contributed by atoms with Crippen molar-refractivity contribution in [3.63, 3.8) is 0 Å². The molecule has 1 atom stereocenters. The highest BCUT2D eigenvalue weighted by Gasteiger charge is 2.24. The molecule has 1 saturated heterocycles. The Balaban J connectivity index is 2.47. The molecule has 1 unspecified atom stereocenters. The van der Waals surface area contributed by atoms with Crippen LogP contribution >= 0.6 is 0 Å². The van der Waals surface area contributed by atoms with Gasteiger partial charge in [0, 0.05) is 32.2 Å². The monoisotopic (exact) mass is 186 g/mol. The molecule has 76 valence electrons. The highest BCUT2D eigenvalue weighted by atomic mass is 16.1. The van der Waals surface area contributed by atoms with Gasteiger partial charge < -0.3 is 16.4 Å². The third-order valence-corrected chi connectivity index (χ3v) is 2.44. The van der Waals surface area contributed by atoms with Crippen molar-refractivity contribution >= 4 is 5.91 Å². The zero-order chi connectivity index (χ0) is 9.84. The molecular weight excluding hydrogens is 168 g/mol. The summed E-state index contributed by atoms with van der Waals surface area (Å²) < 4.78 is 0. The van der Waals surface area contributed by atoms with E-state index in [0.717, 1.165) is 19.6 Å². The van der Waals surface area contributed by atoms with Gasteiger partial charge >= 0.3 is 0 Å². The summed E-state index contributed by atoms with van der Waals surface area (Å²) in [6, 6.07) is 0.270. The number of rotatable bonds is 3. The van der Waals surface area contributed by atoms with E-state index in [0.29, 0.717) is 13.1 Å². The van der Waals surface area contributed by atoms with Crippen molar-refractivity contribution in [2.75, 3.05) is 39.8 Å². The van der Waals surface area contributed by atoms with E-state index in [-0.39, 0.29) is 11.9 Å². The molecule has 4 N–H and O–H groups in total. The normalized spacial score (nSPS) is 26.2. The fraction of sp³-hybridized carbons (Fsp3) is 0.875. The number of carbonyl (C=O) groups is 1. The van der Waals surface area contributed by atoms with Gasteiger partial charge in [0.15, 0.2) is 0 Å². The third kappa shape index (κ3) is 2.95. The number of carbonyl (C=O) groups excluding carboxylic acids is 1. The van der Waals surface area contributed by atoms with Crippen molar-refractivity contribution in [1.29, 1.82) is 0 Å². The molecule has 0 radical (unpaired) electrons. The average molecular weight is 186 g/mol. The number of amides is 1. The van der Waals surface area contributed by atoms with Gasteiger partial charge in [-0.1, -0.05) is 0 Å². The van der Waals surface area contributed by atoms with E-state index in [1.807, 2.05) is 0 Å². The maximum atomic E-state index is 10.7. The van der Waals surface area contributed by atoms with Crippen LogP contribution in [0.3, 0.4) is 0 Å². The topological polar surface area (TPSA) is 75.6 Å². The van der Waals surface area contributed by atoms with Crippen LogP contribution in [0.4, 0.5) is 0 Å². The van der Waals surface area contributed by atoms with Crippen LogP contribution in [0.1, 0.15) is 0 Å². The minimum absolute atomic E-state index is 0.270. The molecule has 0 bridgehead atoms. The Bertz CT molecular complexity index is 185. The number of nitrogens with two attached hydrogens (primary N) is 2. The predicted octanol–water partition coefficient (Wildman–Crippen LogP) is -1.95. The molecule has 0 aromatic carbocycles. The summed E-state index contributed by atoms with van der Waals surface area (Å²) in [5.74, 6) is -0.275. The Kier molecular flexibility index (Phi) is 3.65. The van der Waals surface area contributed by atoms with Crippen LogP contribution in [-0.2, 0) is 4.79 Å². The summed E-state index contributed by atoms with van der Waals surface area (Å²) >= 11 is 0. The maximum absolute atomic E-state index is 10.7. The zero-order valence-corrected chi connectivity index (χ0v) is 8.07. The van der Waals surface area contributed by atoms with Gasteiger partial charge in [0.2, 0.25) is 5.91 Å². The quantitative estimate of drug-likeness (QED) is 0.537. The smallest absolute Gasteiger partial charge is 0.231 e. The van der Waals surface area contributed by atoms with Gasteiger partial charge in [0.05, 0.1) is 6.54 Å². The number of likely N-dealkylation sites (N-methyl/N-ethyl adjacent to an activating group) is 1. The molecule has 0 aromatic heterocycles. The molecule has 13 heavy (non-hydrogen) atoms. The SMILES string of the molecule is CN1CCN(CC(N)=O)C(CN)C1. The molecule has 0 spiro atoms. The fourth-order valence-corrected chi connectivity index (χ4v) is 1.68. The second-order valence-corrected chi connectivity index (χ2v) is 3.59. The van der Waals surface area contributed by atoms with Gasteiger partial charge in [-0.3, -0.25) is 9.69 Å². The Morgan fingerprint density at radius 3 is 2.77 bits per heavy atom. The standard InChI is InChI=1S/C8H18N4O/c1-11-2-3-12(6-8(10)13)7(4-9)5-11/h7H,2-6,9H2,1H3,(H2,10,13). The van der Waals surface area contributed by atoms with Crippen molar-refractivity contribution in [3.05, 3.63) is 0 Å². The highest BCUT2D eigenvalue weighted by molar-refractivity contribution is 5.76.